The Morgan fingerprint density at radius 1 is 1.17 bits per heavy atom. The highest BCUT2D eigenvalue weighted by Gasteiger charge is 2.21. The second-order valence-electron chi connectivity index (χ2n) is 7.57. The number of carbonyl (C=O) groups is 2. The Balaban J connectivity index is 1.31. The van der Waals surface area contributed by atoms with Crippen LogP contribution in [0.3, 0.4) is 0 Å². The molecule has 0 spiro atoms. The fourth-order valence-electron chi connectivity index (χ4n) is 3.72. The van der Waals surface area contributed by atoms with Gasteiger partial charge in [-0.3, -0.25) is 9.59 Å². The summed E-state index contributed by atoms with van der Waals surface area (Å²) in [4.78, 5) is 31.8. The minimum atomic E-state index is -0.0558. The maximum atomic E-state index is 12.6. The molecule has 4 rings (SSSR count). The molecular formula is C21H26N6O2. The fraction of sp³-hybridized carbons (Fsp3) is 0.429. The van der Waals surface area contributed by atoms with Crippen LogP contribution in [0.25, 0.3) is 10.9 Å². The van der Waals surface area contributed by atoms with Crippen LogP contribution in [0.5, 0.6) is 0 Å². The Morgan fingerprint density at radius 2 is 1.97 bits per heavy atom. The van der Waals surface area contributed by atoms with Gasteiger partial charge in [0.2, 0.25) is 5.91 Å². The maximum Gasteiger partial charge on any atom is 0.276 e. The number of carbonyl (C=O) groups excluding carboxylic acids is 2. The third kappa shape index (κ3) is 4.31. The Morgan fingerprint density at radius 3 is 2.79 bits per heavy atom. The quantitative estimate of drug-likeness (QED) is 0.693. The number of para-hydroxylation sites is 1. The summed E-state index contributed by atoms with van der Waals surface area (Å²) < 4.78 is 1.63. The van der Waals surface area contributed by atoms with E-state index >= 15 is 0 Å². The predicted octanol–water partition coefficient (Wildman–Crippen LogP) is 2.09. The number of aromatic amines is 1. The van der Waals surface area contributed by atoms with Gasteiger partial charge in [0, 0.05) is 43.8 Å². The molecule has 29 heavy (non-hydrogen) atoms. The molecule has 1 N–H and O–H groups in total. The number of likely N-dealkylation sites (tertiary alicyclic amines) is 1. The fourth-order valence-corrected chi connectivity index (χ4v) is 3.72. The van der Waals surface area contributed by atoms with Crippen molar-refractivity contribution in [3.05, 3.63) is 47.9 Å². The molecule has 0 aliphatic carbocycles. The molecule has 152 valence electrons. The second-order valence-corrected chi connectivity index (χ2v) is 7.57. The summed E-state index contributed by atoms with van der Waals surface area (Å²) in [5.74, 6) is -0.0146. The average molecular weight is 394 g/mol. The zero-order valence-electron chi connectivity index (χ0n) is 16.7. The standard InChI is InChI=1S/C21H26N6O2/c1-25(20(28)13-16-14-22-18-8-4-3-7-17(16)18)11-12-27-15-19(23-24-27)21(29)26-9-5-2-6-10-26/h3-4,7-8,14-15,22H,2,5-6,9-13H2,1H3. The van der Waals surface area contributed by atoms with Gasteiger partial charge in [0.1, 0.15) is 0 Å². The van der Waals surface area contributed by atoms with Crippen LogP contribution >= 0.6 is 0 Å². The van der Waals surface area contributed by atoms with Gasteiger partial charge in [0.05, 0.1) is 19.2 Å². The molecule has 3 aromatic rings. The second kappa shape index (κ2) is 8.46. The molecule has 8 heteroatoms. The Labute approximate surface area is 169 Å². The molecule has 8 nitrogen and oxygen atoms in total. The van der Waals surface area contributed by atoms with E-state index in [1.807, 2.05) is 35.4 Å². The van der Waals surface area contributed by atoms with Gasteiger partial charge in [0.15, 0.2) is 5.69 Å². The van der Waals surface area contributed by atoms with Crippen molar-refractivity contribution in [2.75, 3.05) is 26.7 Å². The molecule has 0 radical (unpaired) electrons. The lowest BCUT2D eigenvalue weighted by Crippen LogP contribution is -2.35. The molecule has 1 aliphatic rings. The minimum Gasteiger partial charge on any atom is -0.361 e. The van der Waals surface area contributed by atoms with Crippen molar-refractivity contribution in [3.8, 4) is 0 Å². The first-order valence-electron chi connectivity index (χ1n) is 10.1. The first kappa shape index (κ1) is 19.2. The van der Waals surface area contributed by atoms with Gasteiger partial charge in [-0.15, -0.1) is 5.10 Å². The van der Waals surface area contributed by atoms with Crippen molar-refractivity contribution >= 4 is 22.7 Å². The van der Waals surface area contributed by atoms with E-state index in [4.69, 9.17) is 0 Å². The molecule has 0 saturated carbocycles. The first-order valence-corrected chi connectivity index (χ1v) is 10.1. The lowest BCUT2D eigenvalue weighted by Gasteiger charge is -2.25. The molecule has 0 unspecified atom stereocenters. The number of likely N-dealkylation sites (N-methyl/N-ethyl adjacent to an activating group) is 1. The molecule has 1 fully saturated rings. The molecule has 0 bridgehead atoms. The number of benzene rings is 1. The Kier molecular flexibility index (Phi) is 5.59. The highest BCUT2D eigenvalue weighted by molar-refractivity contribution is 5.92. The third-order valence-electron chi connectivity index (χ3n) is 5.51. The van der Waals surface area contributed by atoms with Crippen molar-refractivity contribution < 1.29 is 9.59 Å². The number of H-pyrrole nitrogens is 1. The zero-order valence-corrected chi connectivity index (χ0v) is 16.7. The minimum absolute atomic E-state index is 0.0412. The summed E-state index contributed by atoms with van der Waals surface area (Å²) in [6.45, 7) is 2.58. The molecular weight excluding hydrogens is 368 g/mol. The summed E-state index contributed by atoms with van der Waals surface area (Å²) in [5.41, 5.74) is 2.40. The predicted molar refractivity (Wildman–Crippen MR) is 109 cm³/mol. The van der Waals surface area contributed by atoms with Crippen molar-refractivity contribution in [2.24, 2.45) is 0 Å². The van der Waals surface area contributed by atoms with Crippen molar-refractivity contribution in [1.29, 1.82) is 0 Å². The summed E-state index contributed by atoms with van der Waals surface area (Å²) in [6.07, 6.45) is 7.18. The number of nitrogens with zero attached hydrogens (tertiary/aromatic N) is 5. The van der Waals surface area contributed by atoms with Gasteiger partial charge in [-0.1, -0.05) is 23.4 Å². The monoisotopic (exact) mass is 394 g/mol. The molecule has 3 heterocycles. The van der Waals surface area contributed by atoms with Crippen LogP contribution < -0.4 is 0 Å². The maximum absolute atomic E-state index is 12.6. The highest BCUT2D eigenvalue weighted by atomic mass is 16.2. The summed E-state index contributed by atoms with van der Waals surface area (Å²) in [6, 6.07) is 7.96. The van der Waals surface area contributed by atoms with Crippen molar-refractivity contribution in [2.45, 2.75) is 32.2 Å². The van der Waals surface area contributed by atoms with Gasteiger partial charge in [-0.2, -0.15) is 0 Å². The van der Waals surface area contributed by atoms with Gasteiger partial charge in [0.25, 0.3) is 5.91 Å². The van der Waals surface area contributed by atoms with Crippen LogP contribution in [0.2, 0.25) is 0 Å². The zero-order chi connectivity index (χ0) is 20.2. The third-order valence-corrected chi connectivity index (χ3v) is 5.51. The van der Waals surface area contributed by atoms with Gasteiger partial charge in [-0.05, 0) is 30.9 Å². The van der Waals surface area contributed by atoms with E-state index in [9.17, 15) is 9.59 Å². The van der Waals surface area contributed by atoms with Crippen molar-refractivity contribution in [1.82, 2.24) is 29.8 Å². The SMILES string of the molecule is CN(CCn1cc(C(=O)N2CCCCC2)nn1)C(=O)Cc1c[nH]c2ccccc12. The lowest BCUT2D eigenvalue weighted by molar-refractivity contribution is -0.129. The number of amides is 2. The average Bonchev–Trinajstić information content (AvgIpc) is 3.39. The van der Waals surface area contributed by atoms with Gasteiger partial charge >= 0.3 is 0 Å². The molecule has 2 aromatic heterocycles. The van der Waals surface area contributed by atoms with E-state index in [-0.39, 0.29) is 11.8 Å². The number of nitrogens with one attached hydrogen (secondary N) is 1. The van der Waals surface area contributed by atoms with Gasteiger partial charge in [-0.25, -0.2) is 4.68 Å². The Hall–Kier alpha value is -3.16. The smallest absolute Gasteiger partial charge is 0.276 e. The van der Waals surface area contributed by atoms with Crippen molar-refractivity contribution in [3.63, 3.8) is 0 Å². The summed E-state index contributed by atoms with van der Waals surface area (Å²) >= 11 is 0. The molecule has 1 aliphatic heterocycles. The molecule has 1 aromatic carbocycles. The Bertz CT molecular complexity index is 1000. The van der Waals surface area contributed by atoms with Crippen LogP contribution in [0.4, 0.5) is 0 Å². The van der Waals surface area contributed by atoms with E-state index in [1.54, 1.807) is 22.8 Å². The van der Waals surface area contributed by atoms with E-state index in [2.05, 4.69) is 15.3 Å². The van der Waals surface area contributed by atoms with Crippen LogP contribution in [-0.4, -0.2) is 68.3 Å². The number of aromatic nitrogens is 4. The largest absolute Gasteiger partial charge is 0.361 e. The number of fused-ring (bicyclic) bond motifs is 1. The molecule has 1 saturated heterocycles. The van der Waals surface area contributed by atoms with Crippen LogP contribution in [-0.2, 0) is 17.8 Å². The van der Waals surface area contributed by atoms with Crippen LogP contribution in [0.1, 0.15) is 35.3 Å². The summed E-state index contributed by atoms with van der Waals surface area (Å²) in [5, 5.41) is 9.15. The van der Waals surface area contributed by atoms with Crippen LogP contribution in [0.15, 0.2) is 36.7 Å². The van der Waals surface area contributed by atoms with Crippen LogP contribution in [0, 0.1) is 0 Å². The molecule has 2 amide bonds. The highest BCUT2D eigenvalue weighted by Crippen LogP contribution is 2.18. The first-order chi connectivity index (χ1) is 14.1. The van der Waals surface area contributed by atoms with E-state index in [1.165, 1.54) is 6.42 Å². The number of hydrogen-bond donors (Lipinski definition) is 1. The van der Waals surface area contributed by atoms with E-state index in [0.29, 0.717) is 25.2 Å². The normalized spacial score (nSPS) is 14.3. The molecule has 0 atom stereocenters. The lowest BCUT2D eigenvalue weighted by atomic mass is 10.1. The van der Waals surface area contributed by atoms with E-state index in [0.717, 1.165) is 42.4 Å². The number of piperidine rings is 1. The summed E-state index contributed by atoms with van der Waals surface area (Å²) in [7, 11) is 1.79. The van der Waals surface area contributed by atoms with E-state index < -0.39 is 0 Å². The number of rotatable bonds is 6. The van der Waals surface area contributed by atoms with Gasteiger partial charge < -0.3 is 14.8 Å². The topological polar surface area (TPSA) is 87.1 Å². The number of hydrogen-bond acceptors (Lipinski definition) is 4.